The van der Waals surface area contributed by atoms with E-state index in [0.717, 1.165) is 0 Å². The zero-order valence-electron chi connectivity index (χ0n) is 9.37. The van der Waals surface area contributed by atoms with Gasteiger partial charge in [-0.1, -0.05) is 11.6 Å². The third-order valence-electron chi connectivity index (χ3n) is 1.95. The van der Waals surface area contributed by atoms with Crippen molar-refractivity contribution in [3.8, 4) is 11.8 Å². The average Bonchev–Trinajstić information content (AvgIpc) is 2.26. The van der Waals surface area contributed by atoms with Crippen molar-refractivity contribution in [2.75, 3.05) is 13.2 Å². The van der Waals surface area contributed by atoms with E-state index < -0.39 is 0 Å². The Bertz CT molecular complexity index is 387. The lowest BCUT2D eigenvalue weighted by Crippen LogP contribution is -2.19. The zero-order chi connectivity index (χ0) is 12.0. The Hall–Kier alpha value is -1.24. The fraction of sp³-hybridized carbons (Fsp3) is 0.417. The van der Waals surface area contributed by atoms with Crippen molar-refractivity contribution < 1.29 is 9.47 Å². The second kappa shape index (κ2) is 6.37. The number of rotatable bonds is 5. The van der Waals surface area contributed by atoms with E-state index >= 15 is 0 Å². The monoisotopic (exact) mass is 239 g/mol. The Kier molecular flexibility index (Phi) is 5.10. The van der Waals surface area contributed by atoms with Crippen LogP contribution in [-0.4, -0.2) is 19.3 Å². The highest BCUT2D eigenvalue weighted by Gasteiger charge is 2.06. The van der Waals surface area contributed by atoms with Crippen LogP contribution < -0.4 is 4.74 Å². The van der Waals surface area contributed by atoms with Crippen molar-refractivity contribution in [1.82, 2.24) is 0 Å². The van der Waals surface area contributed by atoms with Gasteiger partial charge in [-0.2, -0.15) is 5.26 Å². The van der Waals surface area contributed by atoms with Crippen LogP contribution in [-0.2, 0) is 4.74 Å². The van der Waals surface area contributed by atoms with Gasteiger partial charge in [0.2, 0.25) is 0 Å². The Morgan fingerprint density at radius 2 is 2.25 bits per heavy atom. The minimum Gasteiger partial charge on any atom is -0.488 e. The Labute approximate surface area is 101 Å². The number of nitriles is 1. The third kappa shape index (κ3) is 3.73. The maximum Gasteiger partial charge on any atom is 0.121 e. The molecule has 1 rings (SSSR count). The summed E-state index contributed by atoms with van der Waals surface area (Å²) in [5.41, 5.74) is 0.450. The molecule has 0 amide bonds. The first-order chi connectivity index (χ1) is 7.67. The summed E-state index contributed by atoms with van der Waals surface area (Å²) in [7, 11) is 0. The van der Waals surface area contributed by atoms with Gasteiger partial charge in [0.1, 0.15) is 17.9 Å². The molecule has 0 saturated heterocycles. The van der Waals surface area contributed by atoms with Crippen LogP contribution in [0.2, 0.25) is 5.02 Å². The number of hydrogen-bond acceptors (Lipinski definition) is 3. The first kappa shape index (κ1) is 12.8. The second-order valence-electron chi connectivity index (χ2n) is 3.34. The van der Waals surface area contributed by atoms with E-state index in [2.05, 4.69) is 0 Å². The Morgan fingerprint density at radius 1 is 1.50 bits per heavy atom. The van der Waals surface area contributed by atoms with Crippen LogP contribution in [0.4, 0.5) is 0 Å². The van der Waals surface area contributed by atoms with E-state index in [4.69, 9.17) is 26.3 Å². The normalized spacial score (nSPS) is 11.9. The van der Waals surface area contributed by atoms with Gasteiger partial charge >= 0.3 is 0 Å². The van der Waals surface area contributed by atoms with E-state index in [1.165, 1.54) is 0 Å². The van der Waals surface area contributed by atoms with Crippen LogP contribution in [0, 0.1) is 11.3 Å². The molecule has 0 fully saturated rings. The van der Waals surface area contributed by atoms with Crippen molar-refractivity contribution in [1.29, 1.82) is 5.26 Å². The molecule has 0 N–H and O–H groups in total. The maximum absolute atomic E-state index is 8.71. The minimum atomic E-state index is -0.0380. The zero-order valence-corrected chi connectivity index (χ0v) is 10.1. The molecule has 0 aliphatic rings. The lowest BCUT2D eigenvalue weighted by atomic mass is 10.2. The molecule has 1 unspecified atom stereocenters. The highest BCUT2D eigenvalue weighted by Crippen LogP contribution is 2.22. The van der Waals surface area contributed by atoms with Crippen LogP contribution in [0.15, 0.2) is 18.2 Å². The molecule has 1 aromatic rings. The van der Waals surface area contributed by atoms with Crippen molar-refractivity contribution in [2.24, 2.45) is 0 Å². The van der Waals surface area contributed by atoms with Gasteiger partial charge in [-0.3, -0.25) is 0 Å². The topological polar surface area (TPSA) is 42.2 Å². The summed E-state index contributed by atoms with van der Waals surface area (Å²) >= 11 is 5.88. The molecule has 0 aliphatic carbocycles. The van der Waals surface area contributed by atoms with Crippen molar-refractivity contribution in [3.63, 3.8) is 0 Å². The molecule has 0 aromatic heterocycles. The first-order valence-electron chi connectivity index (χ1n) is 5.11. The molecular formula is C12H14ClNO2. The van der Waals surface area contributed by atoms with Gasteiger partial charge in [-0.15, -0.1) is 0 Å². The summed E-state index contributed by atoms with van der Waals surface area (Å²) in [6, 6.07) is 7.01. The molecule has 0 bridgehead atoms. The standard InChI is InChI=1S/C12H14ClNO2/c1-3-15-8-9(2)16-11-5-4-10(7-14)12(13)6-11/h4-6,9H,3,8H2,1-2H3. The third-order valence-corrected chi connectivity index (χ3v) is 2.27. The number of benzene rings is 1. The predicted molar refractivity (Wildman–Crippen MR) is 62.8 cm³/mol. The fourth-order valence-electron chi connectivity index (χ4n) is 1.21. The van der Waals surface area contributed by atoms with Gasteiger partial charge in [0.05, 0.1) is 17.2 Å². The molecular weight excluding hydrogens is 226 g/mol. The number of ether oxygens (including phenoxy) is 2. The summed E-state index contributed by atoms with van der Waals surface area (Å²) in [6.07, 6.45) is -0.0380. The highest BCUT2D eigenvalue weighted by atomic mass is 35.5. The molecule has 0 heterocycles. The van der Waals surface area contributed by atoms with Crippen LogP contribution in [0.3, 0.4) is 0 Å². The van der Waals surface area contributed by atoms with Gasteiger partial charge in [0, 0.05) is 12.7 Å². The summed E-state index contributed by atoms with van der Waals surface area (Å²) in [6.45, 7) is 5.06. The molecule has 0 radical (unpaired) electrons. The summed E-state index contributed by atoms with van der Waals surface area (Å²) in [5.74, 6) is 0.649. The molecule has 1 aromatic carbocycles. The molecule has 3 nitrogen and oxygen atoms in total. The molecule has 4 heteroatoms. The Morgan fingerprint density at radius 3 is 2.81 bits per heavy atom. The van der Waals surface area contributed by atoms with Crippen LogP contribution in [0.25, 0.3) is 0 Å². The van der Waals surface area contributed by atoms with Gasteiger partial charge in [-0.25, -0.2) is 0 Å². The summed E-state index contributed by atoms with van der Waals surface area (Å²) in [5, 5.41) is 9.12. The number of hydrogen-bond donors (Lipinski definition) is 0. The lowest BCUT2D eigenvalue weighted by molar-refractivity contribution is 0.0657. The van der Waals surface area contributed by atoms with Crippen LogP contribution >= 0.6 is 11.6 Å². The molecule has 16 heavy (non-hydrogen) atoms. The van der Waals surface area contributed by atoms with Crippen molar-refractivity contribution in [2.45, 2.75) is 20.0 Å². The van der Waals surface area contributed by atoms with E-state index in [9.17, 15) is 0 Å². The van der Waals surface area contributed by atoms with Crippen LogP contribution in [0.5, 0.6) is 5.75 Å². The van der Waals surface area contributed by atoms with E-state index in [1.807, 2.05) is 19.9 Å². The molecule has 0 spiro atoms. The van der Waals surface area contributed by atoms with E-state index in [-0.39, 0.29) is 6.10 Å². The molecule has 0 aliphatic heterocycles. The largest absolute Gasteiger partial charge is 0.488 e. The number of halogens is 1. The lowest BCUT2D eigenvalue weighted by Gasteiger charge is -2.14. The summed E-state index contributed by atoms with van der Waals surface area (Å²) < 4.78 is 10.8. The maximum atomic E-state index is 8.71. The van der Waals surface area contributed by atoms with Gasteiger partial charge in [-0.05, 0) is 26.0 Å². The molecule has 1 atom stereocenters. The minimum absolute atomic E-state index is 0.0380. The van der Waals surface area contributed by atoms with E-state index in [1.54, 1.807) is 18.2 Å². The van der Waals surface area contributed by atoms with Crippen molar-refractivity contribution in [3.05, 3.63) is 28.8 Å². The predicted octanol–water partition coefficient (Wildman–Crippen LogP) is 3.02. The second-order valence-corrected chi connectivity index (χ2v) is 3.75. The van der Waals surface area contributed by atoms with Gasteiger partial charge in [0.15, 0.2) is 0 Å². The molecule has 0 saturated carbocycles. The highest BCUT2D eigenvalue weighted by molar-refractivity contribution is 6.31. The summed E-state index contributed by atoms with van der Waals surface area (Å²) in [4.78, 5) is 0. The van der Waals surface area contributed by atoms with E-state index in [0.29, 0.717) is 29.5 Å². The SMILES string of the molecule is CCOCC(C)Oc1ccc(C#N)c(Cl)c1. The number of nitrogens with zero attached hydrogens (tertiary/aromatic N) is 1. The van der Waals surface area contributed by atoms with Gasteiger partial charge in [0.25, 0.3) is 0 Å². The van der Waals surface area contributed by atoms with Crippen molar-refractivity contribution >= 4 is 11.6 Å². The smallest absolute Gasteiger partial charge is 0.121 e. The fourth-order valence-corrected chi connectivity index (χ4v) is 1.42. The average molecular weight is 240 g/mol. The first-order valence-corrected chi connectivity index (χ1v) is 5.49. The van der Waals surface area contributed by atoms with Gasteiger partial charge < -0.3 is 9.47 Å². The Balaban J connectivity index is 2.61. The van der Waals surface area contributed by atoms with Crippen LogP contribution in [0.1, 0.15) is 19.4 Å². The quantitative estimate of drug-likeness (QED) is 0.793. The molecule has 86 valence electrons.